The van der Waals surface area contributed by atoms with E-state index in [9.17, 15) is 9.59 Å². The van der Waals surface area contributed by atoms with Gasteiger partial charge < -0.3 is 9.15 Å². The molecule has 4 rings (SSSR count). The van der Waals surface area contributed by atoms with Crippen LogP contribution < -0.4 is 5.63 Å². The molecule has 0 fully saturated rings. The zero-order chi connectivity index (χ0) is 17.6. The van der Waals surface area contributed by atoms with Gasteiger partial charge in [0.2, 0.25) is 0 Å². The number of fused-ring (bicyclic) bond motifs is 2. The van der Waals surface area contributed by atoms with E-state index in [1.54, 1.807) is 6.92 Å². The number of aromatic nitrogens is 1. The van der Waals surface area contributed by atoms with Gasteiger partial charge in [0.05, 0.1) is 10.7 Å². The lowest BCUT2D eigenvalue weighted by atomic mass is 10.0. The molecule has 0 aliphatic heterocycles. The predicted octanol–water partition coefficient (Wildman–Crippen LogP) is 3.71. The molecule has 0 spiro atoms. The van der Waals surface area contributed by atoms with E-state index < -0.39 is 11.6 Å². The summed E-state index contributed by atoms with van der Waals surface area (Å²) in [5.41, 5.74) is 3.99. The molecule has 0 amide bonds. The topological polar surface area (TPSA) is 69.4 Å². The van der Waals surface area contributed by atoms with Crippen LogP contribution in [0.4, 0.5) is 0 Å². The molecule has 2 aromatic heterocycles. The van der Waals surface area contributed by atoms with E-state index in [1.807, 2.05) is 13.0 Å². The molecule has 1 aliphatic rings. The van der Waals surface area contributed by atoms with E-state index in [4.69, 9.17) is 9.15 Å². The SMILES string of the molecule is Cc1nc(C)c(C(=O)OCc2cc(=O)oc3cc4c(cc23)CCC4)s1. The van der Waals surface area contributed by atoms with Crippen LogP contribution in [0.5, 0.6) is 0 Å². The molecule has 0 radical (unpaired) electrons. The summed E-state index contributed by atoms with van der Waals surface area (Å²) in [6.07, 6.45) is 3.16. The fourth-order valence-electron chi connectivity index (χ4n) is 3.34. The van der Waals surface area contributed by atoms with E-state index in [2.05, 4.69) is 11.1 Å². The van der Waals surface area contributed by atoms with Crippen LogP contribution in [0.25, 0.3) is 11.0 Å². The number of nitrogens with zero attached hydrogens (tertiary/aromatic N) is 1. The van der Waals surface area contributed by atoms with Gasteiger partial charge in [0.1, 0.15) is 17.1 Å². The summed E-state index contributed by atoms with van der Waals surface area (Å²) in [5.74, 6) is -0.411. The molecule has 1 aliphatic carbocycles. The fraction of sp³-hybridized carbons (Fsp3) is 0.316. The third kappa shape index (κ3) is 2.98. The molecule has 25 heavy (non-hydrogen) atoms. The highest BCUT2D eigenvalue weighted by Crippen LogP contribution is 2.29. The van der Waals surface area contributed by atoms with Gasteiger partial charge in [-0.05, 0) is 56.4 Å². The number of rotatable bonds is 3. The number of hydrogen-bond acceptors (Lipinski definition) is 6. The second-order valence-corrected chi connectivity index (χ2v) is 7.49. The zero-order valence-corrected chi connectivity index (χ0v) is 14.9. The van der Waals surface area contributed by atoms with Gasteiger partial charge in [-0.2, -0.15) is 0 Å². The molecule has 0 saturated heterocycles. The number of aryl methyl sites for hydroxylation is 4. The highest BCUT2D eigenvalue weighted by molar-refractivity contribution is 7.13. The molecule has 3 aromatic rings. The Morgan fingerprint density at radius 1 is 1.24 bits per heavy atom. The Morgan fingerprint density at radius 3 is 2.72 bits per heavy atom. The molecule has 2 heterocycles. The number of carbonyl (C=O) groups excluding carboxylic acids is 1. The Morgan fingerprint density at radius 2 is 2.00 bits per heavy atom. The molecule has 0 saturated carbocycles. The maximum Gasteiger partial charge on any atom is 0.350 e. The molecule has 5 nitrogen and oxygen atoms in total. The highest BCUT2D eigenvalue weighted by atomic mass is 32.1. The van der Waals surface area contributed by atoms with E-state index in [0.29, 0.717) is 21.7 Å². The first-order chi connectivity index (χ1) is 12.0. The van der Waals surface area contributed by atoms with Crippen molar-refractivity contribution in [3.8, 4) is 0 Å². The third-order valence-electron chi connectivity index (χ3n) is 4.49. The monoisotopic (exact) mass is 355 g/mol. The Labute approximate surface area is 148 Å². The van der Waals surface area contributed by atoms with Crippen LogP contribution in [0.1, 0.15) is 43.5 Å². The first-order valence-electron chi connectivity index (χ1n) is 8.21. The minimum absolute atomic E-state index is 0.0378. The smallest absolute Gasteiger partial charge is 0.350 e. The summed E-state index contributed by atoms with van der Waals surface area (Å²) in [6.45, 7) is 3.68. The van der Waals surface area contributed by atoms with Gasteiger partial charge >= 0.3 is 11.6 Å². The second kappa shape index (κ2) is 6.11. The Hall–Kier alpha value is -2.47. The summed E-state index contributed by atoms with van der Waals surface area (Å²) in [4.78, 5) is 28.9. The van der Waals surface area contributed by atoms with Gasteiger partial charge in [-0.3, -0.25) is 0 Å². The number of thiazole rings is 1. The molecule has 0 bridgehead atoms. The first-order valence-corrected chi connectivity index (χ1v) is 9.02. The van der Waals surface area contributed by atoms with E-state index >= 15 is 0 Å². The summed E-state index contributed by atoms with van der Waals surface area (Å²) < 4.78 is 10.8. The maximum absolute atomic E-state index is 12.3. The summed E-state index contributed by atoms with van der Waals surface area (Å²) in [5, 5.41) is 1.66. The highest BCUT2D eigenvalue weighted by Gasteiger charge is 2.18. The van der Waals surface area contributed by atoms with Gasteiger partial charge in [0.25, 0.3) is 0 Å². The van der Waals surface area contributed by atoms with Crippen LogP contribution in [-0.4, -0.2) is 11.0 Å². The average Bonchev–Trinajstić information content (AvgIpc) is 3.15. The standard InChI is InChI=1S/C19H17NO4S/c1-10-18(25-11(2)20-10)19(22)23-9-14-8-17(21)24-16-7-13-5-3-4-12(13)6-15(14)16/h6-8H,3-5,9H2,1-2H3. The van der Waals surface area contributed by atoms with Crippen molar-refractivity contribution in [3.63, 3.8) is 0 Å². The van der Waals surface area contributed by atoms with Crippen LogP contribution in [0.2, 0.25) is 0 Å². The van der Waals surface area contributed by atoms with Crippen LogP contribution >= 0.6 is 11.3 Å². The predicted molar refractivity (Wildman–Crippen MR) is 95.2 cm³/mol. The van der Waals surface area contributed by atoms with E-state index in [-0.39, 0.29) is 6.61 Å². The maximum atomic E-state index is 12.3. The Kier molecular flexibility index (Phi) is 3.92. The lowest BCUT2D eigenvalue weighted by Gasteiger charge is -2.08. The Bertz CT molecular complexity index is 1050. The molecule has 0 N–H and O–H groups in total. The van der Waals surface area contributed by atoms with Gasteiger partial charge in [-0.25, -0.2) is 14.6 Å². The van der Waals surface area contributed by atoms with Crippen molar-refractivity contribution in [2.45, 2.75) is 39.7 Å². The first kappa shape index (κ1) is 16.0. The molecular formula is C19H17NO4S. The van der Waals surface area contributed by atoms with Gasteiger partial charge in [-0.15, -0.1) is 11.3 Å². The van der Waals surface area contributed by atoms with Crippen molar-refractivity contribution in [2.75, 3.05) is 0 Å². The third-order valence-corrected chi connectivity index (χ3v) is 5.54. The molecular weight excluding hydrogens is 338 g/mol. The molecule has 1 aromatic carbocycles. The van der Waals surface area contributed by atoms with Crippen molar-refractivity contribution in [3.05, 3.63) is 60.9 Å². The lowest BCUT2D eigenvalue weighted by Crippen LogP contribution is -2.08. The normalized spacial score (nSPS) is 13.2. The number of benzene rings is 1. The zero-order valence-electron chi connectivity index (χ0n) is 14.0. The van der Waals surface area contributed by atoms with E-state index in [0.717, 1.165) is 29.7 Å². The summed E-state index contributed by atoms with van der Waals surface area (Å²) in [6, 6.07) is 5.41. The fourth-order valence-corrected chi connectivity index (χ4v) is 4.16. The number of ether oxygens (including phenoxy) is 1. The van der Waals surface area contributed by atoms with Crippen molar-refractivity contribution >= 4 is 28.3 Å². The van der Waals surface area contributed by atoms with Crippen molar-refractivity contribution in [2.24, 2.45) is 0 Å². The number of hydrogen-bond donors (Lipinski definition) is 0. The number of carbonyl (C=O) groups is 1. The van der Waals surface area contributed by atoms with Crippen LogP contribution in [-0.2, 0) is 24.2 Å². The van der Waals surface area contributed by atoms with Crippen molar-refractivity contribution in [1.82, 2.24) is 4.98 Å². The van der Waals surface area contributed by atoms with Crippen LogP contribution in [0.3, 0.4) is 0 Å². The van der Waals surface area contributed by atoms with Gasteiger partial charge in [0, 0.05) is 17.0 Å². The van der Waals surface area contributed by atoms with E-state index in [1.165, 1.54) is 28.5 Å². The minimum Gasteiger partial charge on any atom is -0.457 e. The Balaban J connectivity index is 1.66. The molecule has 0 atom stereocenters. The average molecular weight is 355 g/mol. The minimum atomic E-state index is -0.429. The molecule has 6 heteroatoms. The molecule has 128 valence electrons. The summed E-state index contributed by atoms with van der Waals surface area (Å²) in [7, 11) is 0. The molecule has 0 unspecified atom stereocenters. The van der Waals surface area contributed by atoms with Crippen molar-refractivity contribution < 1.29 is 13.9 Å². The van der Waals surface area contributed by atoms with Crippen LogP contribution in [0.15, 0.2) is 27.4 Å². The quantitative estimate of drug-likeness (QED) is 0.529. The van der Waals surface area contributed by atoms with Gasteiger partial charge in [0.15, 0.2) is 0 Å². The van der Waals surface area contributed by atoms with Gasteiger partial charge in [-0.1, -0.05) is 0 Å². The second-order valence-electron chi connectivity index (χ2n) is 6.28. The van der Waals surface area contributed by atoms with Crippen molar-refractivity contribution in [1.29, 1.82) is 0 Å². The summed E-state index contributed by atoms with van der Waals surface area (Å²) >= 11 is 1.31. The van der Waals surface area contributed by atoms with Crippen LogP contribution in [0, 0.1) is 13.8 Å². The lowest BCUT2D eigenvalue weighted by molar-refractivity contribution is 0.0478. The number of esters is 1. The largest absolute Gasteiger partial charge is 0.457 e.